The van der Waals surface area contributed by atoms with Gasteiger partial charge in [0, 0.05) is 71.2 Å². The van der Waals surface area contributed by atoms with E-state index < -0.39 is 7.12 Å². The minimum Gasteiger partial charge on any atom is -0.423 e. The molecule has 2 N–H and O–H groups in total. The van der Waals surface area contributed by atoms with Gasteiger partial charge in [0.15, 0.2) is 0 Å². The van der Waals surface area contributed by atoms with Crippen molar-refractivity contribution in [1.29, 1.82) is 0 Å². The van der Waals surface area contributed by atoms with E-state index in [-0.39, 0.29) is 0 Å². The van der Waals surface area contributed by atoms with Gasteiger partial charge in [-0.25, -0.2) is 0 Å². The Morgan fingerprint density at radius 1 is 0.236 bits per heavy atom. The maximum absolute atomic E-state index is 9.57. The molecule has 0 saturated heterocycles. The van der Waals surface area contributed by atoms with Crippen molar-refractivity contribution in [2.24, 2.45) is 0 Å². The van der Waals surface area contributed by atoms with E-state index in [0.29, 0.717) is 5.46 Å². The molecule has 0 aliphatic heterocycles. The quantitative estimate of drug-likeness (QED) is 0.113. The fraction of sp³-hybridized carbons (Fsp3) is 0. The summed E-state index contributed by atoms with van der Waals surface area (Å²) in [5.74, 6) is 0. The number of hydrogen-bond acceptors (Lipinski definition) is 4. The van der Waals surface area contributed by atoms with Crippen molar-refractivity contribution in [3.63, 3.8) is 0 Å². The van der Waals surface area contributed by atoms with Gasteiger partial charge in [0.2, 0.25) is 0 Å². The predicted molar refractivity (Wildman–Crippen MR) is 452 cm³/mol. The first kappa shape index (κ1) is 66.2. The summed E-state index contributed by atoms with van der Waals surface area (Å²) in [5, 5.41) is 28.6. The second kappa shape index (κ2) is 29.7. The topological polar surface area (TPSA) is 56.8 Å². The van der Waals surface area contributed by atoms with Gasteiger partial charge in [0.25, 0.3) is 0 Å². The molecule has 0 amide bonds. The summed E-state index contributed by atoms with van der Waals surface area (Å²) in [6, 6.07) is 145. The molecular weight excluding hydrogens is 1360 g/mol. The van der Waals surface area contributed by atoms with Crippen LogP contribution >= 0.6 is 15.9 Å². The molecule has 2 heterocycles. The van der Waals surface area contributed by atoms with Crippen LogP contribution in [0.3, 0.4) is 0 Å². The molecule has 106 heavy (non-hydrogen) atoms. The molecule has 6 nitrogen and oxygen atoms in total. The third kappa shape index (κ3) is 13.3. The van der Waals surface area contributed by atoms with Crippen molar-refractivity contribution in [2.45, 2.75) is 0 Å². The number of nitrogens with zero attached hydrogens (tertiary/aromatic N) is 4. The van der Waals surface area contributed by atoms with Crippen molar-refractivity contribution >= 4 is 128 Å². The van der Waals surface area contributed by atoms with Gasteiger partial charge < -0.3 is 29.0 Å². The Morgan fingerprint density at radius 3 is 1.11 bits per heavy atom. The van der Waals surface area contributed by atoms with Crippen LogP contribution in [0.1, 0.15) is 0 Å². The molecule has 0 atom stereocenters. The van der Waals surface area contributed by atoms with Crippen LogP contribution in [-0.2, 0) is 0 Å². The zero-order valence-corrected chi connectivity index (χ0v) is 59.5. The van der Waals surface area contributed by atoms with Crippen LogP contribution in [0, 0.1) is 0 Å². The zero-order chi connectivity index (χ0) is 71.3. The van der Waals surface area contributed by atoms with Crippen LogP contribution in [0.5, 0.6) is 0 Å². The molecule has 8 heteroatoms. The first-order valence-electron chi connectivity index (χ1n) is 35.7. The monoisotopic (exact) mass is 1420 g/mol. The SMILES string of the molecule is Brc1ccc(N(c2ccccc2)c2ccc(-c3ccccc3)cc2)cc1.OB(O)c1ccc2c(c1)c1ccccc1n2-c1cccc2ccccc12.c1ccc(-c2ccc(N(c3ccccc3)c3ccc(-c4ccc5c(c4)c4ccccc4n5-c4ccc(-c5cccc6ccccc56)cc4)cc3)cc2)cc1. The molecule has 0 saturated carbocycles. The summed E-state index contributed by atoms with van der Waals surface area (Å²) in [6.07, 6.45) is 0. The third-order valence-corrected chi connectivity index (χ3v) is 20.5. The lowest BCUT2D eigenvalue weighted by molar-refractivity contribution is 0.426. The van der Waals surface area contributed by atoms with Crippen LogP contribution < -0.4 is 15.3 Å². The first-order valence-corrected chi connectivity index (χ1v) is 36.5. The van der Waals surface area contributed by atoms with E-state index in [2.05, 4.69) is 399 Å². The number of fused-ring (bicyclic) bond motifs is 8. The number of para-hydroxylation sites is 4. The smallest absolute Gasteiger partial charge is 0.423 e. The van der Waals surface area contributed by atoms with Gasteiger partial charge >= 0.3 is 7.12 Å². The molecule has 19 rings (SSSR count). The summed E-state index contributed by atoms with van der Waals surface area (Å²) in [5.41, 5.74) is 23.8. The second-order valence-corrected chi connectivity index (χ2v) is 27.3. The third-order valence-electron chi connectivity index (χ3n) is 19.9. The van der Waals surface area contributed by atoms with Gasteiger partial charge in [-0.1, -0.05) is 295 Å². The highest BCUT2D eigenvalue weighted by molar-refractivity contribution is 9.10. The van der Waals surface area contributed by atoms with E-state index >= 15 is 0 Å². The van der Waals surface area contributed by atoms with Crippen molar-refractivity contribution in [2.75, 3.05) is 9.80 Å². The average molecular weight is 1430 g/mol. The van der Waals surface area contributed by atoms with Gasteiger partial charge in [0.1, 0.15) is 0 Å². The Morgan fingerprint density at radius 2 is 0.585 bits per heavy atom. The van der Waals surface area contributed by atoms with Crippen LogP contribution in [0.15, 0.2) is 417 Å². The fourth-order valence-corrected chi connectivity index (χ4v) is 15.1. The summed E-state index contributed by atoms with van der Waals surface area (Å²) in [7, 11) is -1.47. The van der Waals surface area contributed by atoms with Gasteiger partial charge in [-0.15, -0.1) is 0 Å². The summed E-state index contributed by atoms with van der Waals surface area (Å²) >= 11 is 3.52. The van der Waals surface area contributed by atoms with Gasteiger partial charge in [-0.3, -0.25) is 0 Å². The van der Waals surface area contributed by atoms with E-state index in [1.54, 1.807) is 6.07 Å². The Hall–Kier alpha value is -13.1. The van der Waals surface area contributed by atoms with Crippen molar-refractivity contribution in [3.8, 4) is 55.9 Å². The molecule has 0 unspecified atom stereocenters. The van der Waals surface area contributed by atoms with Crippen LogP contribution in [-0.4, -0.2) is 26.3 Å². The number of halogens is 1. The first-order chi connectivity index (χ1) is 52.3. The number of rotatable bonds is 13. The largest absolute Gasteiger partial charge is 0.488 e. The maximum atomic E-state index is 9.57. The minimum atomic E-state index is -1.47. The molecule has 0 spiro atoms. The van der Waals surface area contributed by atoms with Crippen LogP contribution in [0.4, 0.5) is 34.1 Å². The van der Waals surface area contributed by atoms with Gasteiger partial charge in [0.05, 0.1) is 27.8 Å². The van der Waals surface area contributed by atoms with Crippen molar-refractivity contribution < 1.29 is 10.0 Å². The Balaban J connectivity index is 0.000000132. The van der Waals surface area contributed by atoms with Gasteiger partial charge in [-0.2, -0.15) is 0 Å². The average Bonchev–Trinajstić information content (AvgIpc) is 1.59. The molecule has 0 bridgehead atoms. The van der Waals surface area contributed by atoms with Crippen molar-refractivity contribution in [3.05, 3.63) is 417 Å². The molecule has 2 aromatic heterocycles. The molecule has 19 aromatic rings. The van der Waals surface area contributed by atoms with E-state index in [4.69, 9.17) is 0 Å². The van der Waals surface area contributed by atoms with E-state index in [9.17, 15) is 10.0 Å². The van der Waals surface area contributed by atoms with E-state index in [1.165, 1.54) is 87.9 Å². The van der Waals surface area contributed by atoms with E-state index in [0.717, 1.165) is 71.8 Å². The Labute approximate surface area is 625 Å². The fourth-order valence-electron chi connectivity index (χ4n) is 14.8. The highest BCUT2D eigenvalue weighted by Gasteiger charge is 2.20. The lowest BCUT2D eigenvalue weighted by Gasteiger charge is -2.26. The maximum Gasteiger partial charge on any atom is 0.488 e. The van der Waals surface area contributed by atoms with Crippen LogP contribution in [0.25, 0.3) is 121 Å². The van der Waals surface area contributed by atoms with Crippen molar-refractivity contribution in [1.82, 2.24) is 9.13 Å². The number of hydrogen-bond donors (Lipinski definition) is 2. The normalized spacial score (nSPS) is 11.2. The summed E-state index contributed by atoms with van der Waals surface area (Å²) in [6.45, 7) is 0. The Bertz CT molecular complexity index is 6260. The highest BCUT2D eigenvalue weighted by Crippen LogP contribution is 2.42. The molecule has 0 aliphatic rings. The lowest BCUT2D eigenvalue weighted by atomic mass is 9.80. The standard InChI is InChI=1S/C52H36N2.C24H18BrN.C22H16BNO2/c1-3-12-37(13-4-1)38-22-29-44(30-23-38)53(43-16-5-2-6-17-43)45-31-24-39(25-32-45)42-28-35-52-50(36-42)49-19-9-10-21-51(49)54(52)46-33-26-41(27-34-46)48-20-11-15-40-14-7-8-18-47(40)48;25-21-13-17-24(18-14-21)26(22-9-5-2-6-10-22)23-15-11-20(12-16-23)19-7-3-1-4-8-19;25-23(26)16-12-13-22-19(14-16)18-9-3-4-10-21(18)24(22)20-11-5-7-15-6-1-2-8-17(15)20/h1-36H;1-18H;1-14,25-26H. The zero-order valence-electron chi connectivity index (χ0n) is 57.9. The molecule has 0 radical (unpaired) electrons. The summed E-state index contributed by atoms with van der Waals surface area (Å²) < 4.78 is 5.72. The second-order valence-electron chi connectivity index (χ2n) is 26.4. The summed E-state index contributed by atoms with van der Waals surface area (Å²) in [4.78, 5) is 4.59. The number of benzene rings is 17. The predicted octanol–water partition coefficient (Wildman–Crippen LogP) is 25.6. The molecule has 504 valence electrons. The van der Waals surface area contributed by atoms with E-state index in [1.807, 2.05) is 42.5 Å². The number of aromatic nitrogens is 2. The van der Waals surface area contributed by atoms with Gasteiger partial charge in [-0.05, 0) is 200 Å². The molecule has 0 aliphatic carbocycles. The molecule has 17 aromatic carbocycles. The molecular formula is C98H70BBrN4O2. The lowest BCUT2D eigenvalue weighted by Crippen LogP contribution is -2.29. The number of anilines is 6. The van der Waals surface area contributed by atoms with Crippen LogP contribution in [0.2, 0.25) is 0 Å². The molecule has 0 fully saturated rings. The minimum absolute atomic E-state index is 0.498. The Kier molecular flexibility index (Phi) is 18.6. The highest BCUT2D eigenvalue weighted by atomic mass is 79.9.